The van der Waals surface area contributed by atoms with Gasteiger partial charge in [-0.15, -0.1) is 0 Å². The van der Waals surface area contributed by atoms with E-state index in [1.165, 1.54) is 6.33 Å². The highest BCUT2D eigenvalue weighted by Crippen LogP contribution is 2.35. The summed E-state index contributed by atoms with van der Waals surface area (Å²) in [5, 5.41) is 14.5. The fourth-order valence-corrected chi connectivity index (χ4v) is 2.13. The lowest BCUT2D eigenvalue weighted by atomic mass is 10.2. The van der Waals surface area contributed by atoms with Crippen molar-refractivity contribution in [3.05, 3.63) is 76.6 Å². The van der Waals surface area contributed by atoms with Gasteiger partial charge in [0.2, 0.25) is 5.82 Å². The van der Waals surface area contributed by atoms with E-state index in [-0.39, 0.29) is 17.4 Å². The summed E-state index contributed by atoms with van der Waals surface area (Å²) in [5.74, 6) is 0.425. The van der Waals surface area contributed by atoms with Crippen molar-refractivity contribution in [2.75, 3.05) is 5.32 Å². The summed E-state index contributed by atoms with van der Waals surface area (Å²) in [7, 11) is 0. The predicted octanol–water partition coefficient (Wildman–Crippen LogP) is 4.23. The number of ether oxygens (including phenoxy) is 1. The molecule has 1 heterocycles. The smallest absolute Gasteiger partial charge is 0.373 e. The van der Waals surface area contributed by atoms with Gasteiger partial charge in [-0.2, -0.15) is 4.98 Å². The molecule has 7 heteroatoms. The Kier molecular flexibility index (Phi) is 4.33. The number of aromatic nitrogens is 2. The number of aryl methyl sites for hydroxylation is 1. The molecular formula is C17H14N4O3. The zero-order valence-electron chi connectivity index (χ0n) is 12.8. The number of anilines is 2. The number of rotatable bonds is 5. The Morgan fingerprint density at radius 1 is 1.04 bits per heavy atom. The largest absolute Gasteiger partial charge is 0.434 e. The van der Waals surface area contributed by atoms with Gasteiger partial charge in [0, 0.05) is 5.69 Å². The zero-order chi connectivity index (χ0) is 16.9. The van der Waals surface area contributed by atoms with E-state index in [2.05, 4.69) is 15.3 Å². The van der Waals surface area contributed by atoms with Gasteiger partial charge in [-0.05, 0) is 30.7 Å². The van der Waals surface area contributed by atoms with Crippen LogP contribution in [0.25, 0.3) is 0 Å². The molecule has 0 aliphatic heterocycles. The van der Waals surface area contributed by atoms with E-state index >= 15 is 0 Å². The highest BCUT2D eigenvalue weighted by Gasteiger charge is 2.25. The molecule has 120 valence electrons. The summed E-state index contributed by atoms with van der Waals surface area (Å²) in [6, 6.07) is 16.2. The van der Waals surface area contributed by atoms with Gasteiger partial charge in [-0.1, -0.05) is 36.4 Å². The van der Waals surface area contributed by atoms with Gasteiger partial charge in [-0.25, -0.2) is 4.98 Å². The van der Waals surface area contributed by atoms with E-state index in [4.69, 9.17) is 4.74 Å². The Morgan fingerprint density at radius 3 is 2.46 bits per heavy atom. The number of benzene rings is 2. The van der Waals surface area contributed by atoms with Crippen molar-refractivity contribution in [3.8, 4) is 11.6 Å². The zero-order valence-corrected chi connectivity index (χ0v) is 12.8. The lowest BCUT2D eigenvalue weighted by Crippen LogP contribution is -2.04. The molecule has 0 spiro atoms. The minimum Gasteiger partial charge on any atom is -0.434 e. The third-order valence-electron chi connectivity index (χ3n) is 3.33. The Bertz CT molecular complexity index is 869. The molecule has 0 atom stereocenters. The van der Waals surface area contributed by atoms with Crippen LogP contribution in [-0.2, 0) is 0 Å². The minimum absolute atomic E-state index is 0.0789. The predicted molar refractivity (Wildman–Crippen MR) is 89.7 cm³/mol. The van der Waals surface area contributed by atoms with Crippen LogP contribution < -0.4 is 10.1 Å². The van der Waals surface area contributed by atoms with Gasteiger partial charge in [0.25, 0.3) is 0 Å². The SMILES string of the molecule is Cc1ccccc1Nc1ncnc(Oc2ccccc2)c1[N+](=O)[O-]. The van der Waals surface area contributed by atoms with E-state index in [9.17, 15) is 10.1 Å². The molecule has 0 amide bonds. The van der Waals surface area contributed by atoms with Gasteiger partial charge in [0.1, 0.15) is 12.1 Å². The maximum Gasteiger partial charge on any atom is 0.373 e. The number of nitro groups is 1. The molecule has 24 heavy (non-hydrogen) atoms. The number of nitrogens with one attached hydrogen (secondary N) is 1. The van der Waals surface area contributed by atoms with E-state index in [1.54, 1.807) is 24.3 Å². The highest BCUT2D eigenvalue weighted by atomic mass is 16.6. The number of hydrogen-bond donors (Lipinski definition) is 1. The Balaban J connectivity index is 1.99. The summed E-state index contributed by atoms with van der Waals surface area (Å²) in [5.41, 5.74) is 1.35. The van der Waals surface area contributed by atoms with E-state index in [0.717, 1.165) is 11.3 Å². The first-order valence-corrected chi connectivity index (χ1v) is 7.20. The van der Waals surface area contributed by atoms with Crippen LogP contribution in [0.5, 0.6) is 11.6 Å². The second-order valence-electron chi connectivity index (χ2n) is 4.99. The monoisotopic (exact) mass is 322 g/mol. The van der Waals surface area contributed by atoms with Crippen LogP contribution in [0.1, 0.15) is 5.56 Å². The number of nitrogens with zero attached hydrogens (tertiary/aromatic N) is 3. The summed E-state index contributed by atoms with van der Waals surface area (Å²) in [6.07, 6.45) is 1.23. The van der Waals surface area contributed by atoms with Crippen LogP contribution in [0.2, 0.25) is 0 Å². The molecule has 3 rings (SSSR count). The van der Waals surface area contributed by atoms with Crippen molar-refractivity contribution in [3.63, 3.8) is 0 Å². The molecule has 1 aromatic heterocycles. The summed E-state index contributed by atoms with van der Waals surface area (Å²) in [4.78, 5) is 18.9. The van der Waals surface area contributed by atoms with Crippen LogP contribution in [0.15, 0.2) is 60.9 Å². The minimum atomic E-state index is -0.557. The van der Waals surface area contributed by atoms with Crippen LogP contribution in [0.4, 0.5) is 17.2 Å². The van der Waals surface area contributed by atoms with Crippen LogP contribution >= 0.6 is 0 Å². The normalized spacial score (nSPS) is 10.2. The van der Waals surface area contributed by atoms with Crippen molar-refractivity contribution in [1.82, 2.24) is 9.97 Å². The van der Waals surface area contributed by atoms with Gasteiger partial charge >= 0.3 is 11.6 Å². The quantitative estimate of drug-likeness (QED) is 0.558. The lowest BCUT2D eigenvalue weighted by Gasteiger charge is -2.10. The van der Waals surface area contributed by atoms with Gasteiger partial charge in [0.15, 0.2) is 0 Å². The fraction of sp³-hybridized carbons (Fsp3) is 0.0588. The number of para-hydroxylation sites is 2. The molecule has 1 N–H and O–H groups in total. The second kappa shape index (κ2) is 6.74. The molecule has 0 bridgehead atoms. The fourth-order valence-electron chi connectivity index (χ4n) is 2.13. The van der Waals surface area contributed by atoms with Gasteiger partial charge in [-0.3, -0.25) is 10.1 Å². The molecular weight excluding hydrogens is 308 g/mol. The maximum absolute atomic E-state index is 11.5. The summed E-state index contributed by atoms with van der Waals surface area (Å²) in [6.45, 7) is 1.90. The average molecular weight is 322 g/mol. The van der Waals surface area contributed by atoms with Crippen molar-refractivity contribution in [1.29, 1.82) is 0 Å². The third-order valence-corrected chi connectivity index (χ3v) is 3.33. The van der Waals surface area contributed by atoms with Crippen molar-refractivity contribution < 1.29 is 9.66 Å². The highest BCUT2D eigenvalue weighted by molar-refractivity contribution is 5.70. The molecule has 7 nitrogen and oxygen atoms in total. The van der Waals surface area contributed by atoms with Gasteiger partial charge in [0.05, 0.1) is 4.92 Å². The molecule has 0 aliphatic rings. The molecule has 0 aliphatic carbocycles. The van der Waals surface area contributed by atoms with Gasteiger partial charge < -0.3 is 10.1 Å². The first kappa shape index (κ1) is 15.4. The first-order chi connectivity index (χ1) is 11.6. The maximum atomic E-state index is 11.5. The van der Waals surface area contributed by atoms with Crippen molar-refractivity contribution >= 4 is 17.2 Å². The second-order valence-corrected chi connectivity index (χ2v) is 4.99. The average Bonchev–Trinajstić information content (AvgIpc) is 2.58. The Morgan fingerprint density at radius 2 is 1.75 bits per heavy atom. The van der Waals surface area contributed by atoms with E-state index < -0.39 is 4.92 Å². The van der Waals surface area contributed by atoms with Crippen LogP contribution in [0, 0.1) is 17.0 Å². The molecule has 3 aromatic rings. The first-order valence-electron chi connectivity index (χ1n) is 7.20. The topological polar surface area (TPSA) is 90.2 Å². The molecule has 0 saturated carbocycles. The molecule has 0 saturated heterocycles. The number of hydrogen-bond acceptors (Lipinski definition) is 6. The van der Waals surface area contributed by atoms with Crippen LogP contribution in [-0.4, -0.2) is 14.9 Å². The summed E-state index contributed by atoms with van der Waals surface area (Å²) < 4.78 is 5.55. The standard InChI is InChI=1S/C17H14N4O3/c1-12-7-5-6-10-14(12)20-16-15(21(22)23)17(19-11-18-16)24-13-8-3-2-4-9-13/h2-11H,1H3,(H,18,19,20). The molecule has 0 radical (unpaired) electrons. The van der Waals surface area contributed by atoms with Crippen LogP contribution in [0.3, 0.4) is 0 Å². The third kappa shape index (κ3) is 3.30. The summed E-state index contributed by atoms with van der Waals surface area (Å²) >= 11 is 0. The van der Waals surface area contributed by atoms with Crippen molar-refractivity contribution in [2.24, 2.45) is 0 Å². The molecule has 0 unspecified atom stereocenters. The Labute approximate surface area is 138 Å². The Hall–Kier alpha value is -3.48. The van der Waals surface area contributed by atoms with E-state index in [1.807, 2.05) is 37.3 Å². The lowest BCUT2D eigenvalue weighted by molar-refractivity contribution is -0.385. The molecule has 2 aromatic carbocycles. The van der Waals surface area contributed by atoms with Crippen molar-refractivity contribution in [2.45, 2.75) is 6.92 Å². The van der Waals surface area contributed by atoms with E-state index in [0.29, 0.717) is 5.75 Å². The molecule has 0 fully saturated rings.